The van der Waals surface area contributed by atoms with Crippen molar-refractivity contribution >= 4 is 5.97 Å². The molecule has 0 fully saturated rings. The van der Waals surface area contributed by atoms with Gasteiger partial charge in [0.05, 0.1) is 6.61 Å². The minimum absolute atomic E-state index is 0.264. The van der Waals surface area contributed by atoms with Gasteiger partial charge in [0, 0.05) is 12.5 Å². The Bertz CT molecular complexity index is 181. The summed E-state index contributed by atoms with van der Waals surface area (Å²) in [6.45, 7) is 4.95. The second kappa shape index (κ2) is 7.63. The van der Waals surface area contributed by atoms with Crippen LogP contribution in [0.2, 0.25) is 0 Å². The smallest absolute Gasteiger partial charge is 0.384 e. The summed E-state index contributed by atoms with van der Waals surface area (Å²) in [7, 11) is 0. The van der Waals surface area contributed by atoms with E-state index >= 15 is 0 Å². The first kappa shape index (κ1) is 12.0. The molecule has 0 rings (SSSR count). The Morgan fingerprint density at radius 1 is 1.62 bits per heavy atom. The van der Waals surface area contributed by atoms with Crippen LogP contribution in [0.5, 0.6) is 0 Å². The normalized spacial score (nSPS) is 11.8. The molecule has 0 N–H and O–H groups in total. The zero-order chi connectivity index (χ0) is 10.1. The maximum atomic E-state index is 10.6. The highest BCUT2D eigenvalue weighted by Gasteiger charge is 2.05. The minimum Gasteiger partial charge on any atom is -0.451 e. The number of hydrogen-bond acceptors (Lipinski definition) is 3. The molecule has 1 unspecified atom stereocenters. The van der Waals surface area contributed by atoms with Gasteiger partial charge in [-0.05, 0) is 13.3 Å². The highest BCUT2D eigenvalue weighted by molar-refractivity contribution is 5.87. The van der Waals surface area contributed by atoms with Crippen LogP contribution in [-0.2, 0) is 14.3 Å². The topological polar surface area (TPSA) is 35.5 Å². The summed E-state index contributed by atoms with van der Waals surface area (Å²) >= 11 is 0. The summed E-state index contributed by atoms with van der Waals surface area (Å²) in [6.07, 6.45) is 6.69. The largest absolute Gasteiger partial charge is 0.451 e. The average Bonchev–Trinajstić information content (AvgIpc) is 2.12. The molecule has 0 spiro atoms. The van der Waals surface area contributed by atoms with Crippen LogP contribution in [0.15, 0.2) is 0 Å². The zero-order valence-corrected chi connectivity index (χ0v) is 8.21. The van der Waals surface area contributed by atoms with Gasteiger partial charge < -0.3 is 9.47 Å². The van der Waals surface area contributed by atoms with Gasteiger partial charge in [-0.2, -0.15) is 0 Å². The van der Waals surface area contributed by atoms with Gasteiger partial charge in [0.2, 0.25) is 0 Å². The van der Waals surface area contributed by atoms with Crippen LogP contribution in [0.3, 0.4) is 0 Å². The lowest BCUT2D eigenvalue weighted by Crippen LogP contribution is -2.19. The zero-order valence-electron chi connectivity index (χ0n) is 8.21. The van der Waals surface area contributed by atoms with Gasteiger partial charge >= 0.3 is 5.97 Å². The first-order chi connectivity index (χ1) is 6.20. The van der Waals surface area contributed by atoms with E-state index in [4.69, 9.17) is 15.9 Å². The molecule has 0 aliphatic carbocycles. The van der Waals surface area contributed by atoms with Gasteiger partial charge in [-0.1, -0.05) is 13.3 Å². The molecule has 74 valence electrons. The van der Waals surface area contributed by atoms with Crippen molar-refractivity contribution in [3.63, 3.8) is 0 Å². The lowest BCUT2D eigenvalue weighted by Gasteiger charge is -2.10. The fraction of sp³-hybridized carbons (Fsp3) is 0.700. The molecule has 0 aliphatic heterocycles. The van der Waals surface area contributed by atoms with Gasteiger partial charge in [0.1, 0.15) is 6.10 Å². The average molecular weight is 184 g/mol. The molecule has 0 bridgehead atoms. The molecule has 1 atom stereocenters. The molecule has 13 heavy (non-hydrogen) atoms. The van der Waals surface area contributed by atoms with E-state index in [1.807, 2.05) is 5.92 Å². The van der Waals surface area contributed by atoms with Crippen molar-refractivity contribution in [1.29, 1.82) is 0 Å². The Morgan fingerprint density at radius 2 is 2.31 bits per heavy atom. The summed E-state index contributed by atoms with van der Waals surface area (Å²) in [5.41, 5.74) is 0. The van der Waals surface area contributed by atoms with E-state index in [1.165, 1.54) is 0 Å². The highest BCUT2D eigenvalue weighted by Crippen LogP contribution is 1.94. The fourth-order valence-electron chi connectivity index (χ4n) is 0.746. The third kappa shape index (κ3) is 7.35. The Morgan fingerprint density at radius 3 is 2.85 bits per heavy atom. The van der Waals surface area contributed by atoms with E-state index in [9.17, 15) is 4.79 Å². The Hall–Kier alpha value is -1.01. The minimum atomic E-state index is -0.633. The number of carbonyl (C=O) groups is 1. The Balaban J connectivity index is 3.36. The number of rotatable bonds is 6. The van der Waals surface area contributed by atoms with E-state index in [0.29, 0.717) is 13.2 Å². The van der Waals surface area contributed by atoms with Gasteiger partial charge in [-0.3, -0.25) is 0 Å². The number of terminal acetylenes is 1. The van der Waals surface area contributed by atoms with Crippen LogP contribution in [-0.4, -0.2) is 25.3 Å². The molecule has 0 aromatic carbocycles. The van der Waals surface area contributed by atoms with Crippen LogP contribution in [0.4, 0.5) is 0 Å². The molecule has 0 saturated heterocycles. The second-order valence-electron chi connectivity index (χ2n) is 2.79. The third-order valence-electron chi connectivity index (χ3n) is 1.42. The van der Waals surface area contributed by atoms with E-state index in [0.717, 1.165) is 12.8 Å². The van der Waals surface area contributed by atoms with Crippen LogP contribution in [0.25, 0.3) is 0 Å². The first-order valence-electron chi connectivity index (χ1n) is 4.45. The number of unbranched alkanes of at least 4 members (excludes halogenated alkanes) is 1. The number of carbonyl (C=O) groups excluding carboxylic acids is 1. The predicted molar refractivity (Wildman–Crippen MR) is 50.1 cm³/mol. The van der Waals surface area contributed by atoms with E-state index < -0.39 is 5.97 Å². The molecule has 0 heterocycles. The predicted octanol–water partition coefficient (Wildman–Crippen LogP) is 1.37. The van der Waals surface area contributed by atoms with Crippen LogP contribution >= 0.6 is 0 Å². The maximum absolute atomic E-state index is 10.6. The SMILES string of the molecule is C#CC(=O)OC(C)COCCCC. The van der Waals surface area contributed by atoms with Crippen molar-refractivity contribution in [2.75, 3.05) is 13.2 Å². The highest BCUT2D eigenvalue weighted by atomic mass is 16.6. The maximum Gasteiger partial charge on any atom is 0.384 e. The van der Waals surface area contributed by atoms with E-state index in [-0.39, 0.29) is 6.10 Å². The number of ether oxygens (including phenoxy) is 2. The molecular weight excluding hydrogens is 168 g/mol. The molecule has 0 amide bonds. The molecule has 0 radical (unpaired) electrons. The van der Waals surface area contributed by atoms with Gasteiger partial charge in [-0.25, -0.2) is 4.79 Å². The summed E-state index contributed by atoms with van der Waals surface area (Å²) in [4.78, 5) is 10.6. The van der Waals surface area contributed by atoms with Crippen molar-refractivity contribution in [2.45, 2.75) is 32.8 Å². The lowest BCUT2D eigenvalue weighted by atomic mass is 10.3. The first-order valence-corrected chi connectivity index (χ1v) is 4.45. The van der Waals surface area contributed by atoms with Gasteiger partial charge in [-0.15, -0.1) is 6.42 Å². The fourth-order valence-corrected chi connectivity index (χ4v) is 0.746. The van der Waals surface area contributed by atoms with E-state index in [1.54, 1.807) is 6.92 Å². The second-order valence-corrected chi connectivity index (χ2v) is 2.79. The molecule has 3 nitrogen and oxygen atoms in total. The summed E-state index contributed by atoms with van der Waals surface area (Å²) in [6, 6.07) is 0. The molecule has 3 heteroatoms. The quantitative estimate of drug-likeness (QED) is 0.271. The standard InChI is InChI=1S/C10H16O3/c1-4-6-7-12-8-9(3)13-10(11)5-2/h2,9H,4,6-8H2,1,3H3. The molecule has 0 aromatic heterocycles. The Kier molecular flexibility index (Phi) is 7.04. The van der Waals surface area contributed by atoms with Crippen molar-refractivity contribution in [3.05, 3.63) is 0 Å². The van der Waals surface area contributed by atoms with E-state index in [2.05, 4.69) is 6.92 Å². The van der Waals surface area contributed by atoms with Crippen molar-refractivity contribution in [2.24, 2.45) is 0 Å². The summed E-state index contributed by atoms with van der Waals surface area (Å²) in [5, 5.41) is 0. The number of esters is 1. The monoisotopic (exact) mass is 184 g/mol. The van der Waals surface area contributed by atoms with Crippen molar-refractivity contribution < 1.29 is 14.3 Å². The lowest BCUT2D eigenvalue weighted by molar-refractivity contribution is -0.143. The van der Waals surface area contributed by atoms with Crippen LogP contribution in [0, 0.1) is 12.3 Å². The third-order valence-corrected chi connectivity index (χ3v) is 1.42. The number of hydrogen-bond donors (Lipinski definition) is 0. The molecule has 0 aliphatic rings. The van der Waals surface area contributed by atoms with Gasteiger partial charge in [0.25, 0.3) is 0 Å². The van der Waals surface area contributed by atoms with Gasteiger partial charge in [0.15, 0.2) is 0 Å². The summed E-state index contributed by atoms with van der Waals surface area (Å²) < 4.78 is 10.0. The molecular formula is C10H16O3. The van der Waals surface area contributed by atoms with Crippen molar-refractivity contribution in [1.82, 2.24) is 0 Å². The molecule has 0 saturated carbocycles. The Labute approximate surface area is 79.4 Å². The summed E-state index contributed by atoms with van der Waals surface area (Å²) in [5.74, 6) is 1.25. The van der Waals surface area contributed by atoms with Crippen LogP contribution < -0.4 is 0 Å². The molecule has 0 aromatic rings. The van der Waals surface area contributed by atoms with Crippen LogP contribution in [0.1, 0.15) is 26.7 Å². The van der Waals surface area contributed by atoms with Crippen molar-refractivity contribution in [3.8, 4) is 12.3 Å².